The van der Waals surface area contributed by atoms with Gasteiger partial charge in [0.1, 0.15) is 0 Å². The van der Waals surface area contributed by atoms with Gasteiger partial charge in [-0.05, 0) is 29.5 Å². The zero-order valence-electron chi connectivity index (χ0n) is 9.55. The van der Waals surface area contributed by atoms with Gasteiger partial charge in [0.2, 0.25) is 0 Å². The number of halogens is 4. The molecule has 0 fully saturated rings. The van der Waals surface area contributed by atoms with Crippen molar-refractivity contribution in [3.05, 3.63) is 28.8 Å². The van der Waals surface area contributed by atoms with Crippen molar-refractivity contribution in [1.29, 1.82) is 5.26 Å². The van der Waals surface area contributed by atoms with Crippen molar-refractivity contribution in [3.63, 3.8) is 0 Å². The summed E-state index contributed by atoms with van der Waals surface area (Å²) in [6, 6.07) is 4.13. The predicted molar refractivity (Wildman–Crippen MR) is 67.0 cm³/mol. The van der Waals surface area contributed by atoms with Crippen molar-refractivity contribution < 1.29 is 22.7 Å². The second-order valence-electron chi connectivity index (χ2n) is 3.29. The van der Waals surface area contributed by atoms with Crippen LogP contribution in [0.5, 0.6) is 0 Å². The number of hydrogen-bond donors (Lipinski definition) is 0. The summed E-state index contributed by atoms with van der Waals surface area (Å²) in [7, 11) is 1.08. The van der Waals surface area contributed by atoms with Crippen LogP contribution >= 0.6 is 27.7 Å². The van der Waals surface area contributed by atoms with E-state index in [2.05, 4.69) is 20.7 Å². The van der Waals surface area contributed by atoms with Crippen LogP contribution in [0, 0.1) is 11.3 Å². The van der Waals surface area contributed by atoms with E-state index < -0.39 is 23.2 Å². The summed E-state index contributed by atoms with van der Waals surface area (Å²) in [5.41, 5.74) is -4.41. The summed E-state index contributed by atoms with van der Waals surface area (Å²) < 4.78 is 41.9. The number of thioether (sulfide) groups is 1. The molecule has 19 heavy (non-hydrogen) atoms. The molecule has 0 amide bonds. The van der Waals surface area contributed by atoms with Crippen molar-refractivity contribution in [2.45, 2.75) is 15.7 Å². The number of ether oxygens (including phenoxy) is 1. The fraction of sp³-hybridized carbons (Fsp3) is 0.273. The van der Waals surface area contributed by atoms with E-state index in [0.717, 1.165) is 13.2 Å². The average molecular weight is 354 g/mol. The van der Waals surface area contributed by atoms with Gasteiger partial charge in [-0.3, -0.25) is 0 Å². The predicted octanol–water partition coefficient (Wildman–Crippen LogP) is 3.85. The first-order valence-corrected chi connectivity index (χ1v) is 6.73. The average Bonchev–Trinajstić information content (AvgIpc) is 2.34. The van der Waals surface area contributed by atoms with Crippen LogP contribution in [0.3, 0.4) is 0 Å². The van der Waals surface area contributed by atoms with Crippen LogP contribution in [-0.4, -0.2) is 18.6 Å². The Morgan fingerprint density at radius 3 is 2.58 bits per heavy atom. The maximum absolute atomic E-state index is 12.5. The van der Waals surface area contributed by atoms with Gasteiger partial charge in [0, 0.05) is 10.2 Å². The molecule has 102 valence electrons. The highest BCUT2D eigenvalue weighted by Gasteiger charge is 2.32. The number of benzene rings is 1. The SMILES string of the molecule is COC(=O)c1c(CBr)cc(C#N)cc1SC(F)(F)F. The zero-order chi connectivity index (χ0) is 14.6. The number of nitrogens with zero attached hydrogens (tertiary/aromatic N) is 1. The number of carbonyl (C=O) groups excluding carboxylic acids is 1. The number of esters is 1. The standard InChI is InChI=1S/C11H7BrF3NO2S/c1-18-10(17)9-7(4-12)2-6(5-16)3-8(9)19-11(13,14)15/h2-3H,4H2,1H3. The molecule has 0 bridgehead atoms. The molecule has 0 aliphatic carbocycles. The van der Waals surface area contributed by atoms with Crippen molar-refractivity contribution in [2.75, 3.05) is 7.11 Å². The second kappa shape index (κ2) is 6.30. The summed E-state index contributed by atoms with van der Waals surface area (Å²) >= 11 is 2.63. The van der Waals surface area contributed by atoms with Crippen LogP contribution in [0.2, 0.25) is 0 Å². The highest BCUT2D eigenvalue weighted by Crippen LogP contribution is 2.40. The molecule has 0 N–H and O–H groups in total. The summed E-state index contributed by atoms with van der Waals surface area (Å²) in [6.07, 6.45) is 0. The van der Waals surface area contributed by atoms with Gasteiger partial charge in [-0.25, -0.2) is 4.79 Å². The Hall–Kier alpha value is -1.20. The highest BCUT2D eigenvalue weighted by atomic mass is 79.9. The third kappa shape index (κ3) is 4.14. The number of methoxy groups -OCH3 is 1. The molecule has 3 nitrogen and oxygen atoms in total. The molecule has 0 unspecified atom stereocenters. The molecule has 0 atom stereocenters. The van der Waals surface area contributed by atoms with Gasteiger partial charge in [0.25, 0.3) is 0 Å². The molecule has 1 aromatic rings. The number of nitriles is 1. The third-order valence-electron chi connectivity index (χ3n) is 2.07. The van der Waals surface area contributed by atoms with E-state index in [4.69, 9.17) is 5.26 Å². The highest BCUT2D eigenvalue weighted by molar-refractivity contribution is 9.08. The number of rotatable bonds is 3. The van der Waals surface area contributed by atoms with E-state index in [9.17, 15) is 18.0 Å². The van der Waals surface area contributed by atoms with Gasteiger partial charge >= 0.3 is 11.5 Å². The molecular formula is C11H7BrF3NO2S. The first-order valence-electron chi connectivity index (χ1n) is 4.79. The molecule has 0 aliphatic rings. The van der Waals surface area contributed by atoms with E-state index >= 15 is 0 Å². The second-order valence-corrected chi connectivity index (χ2v) is 4.96. The lowest BCUT2D eigenvalue weighted by atomic mass is 10.1. The van der Waals surface area contributed by atoms with Crippen LogP contribution in [-0.2, 0) is 10.1 Å². The lowest BCUT2D eigenvalue weighted by molar-refractivity contribution is -0.0328. The van der Waals surface area contributed by atoms with E-state index in [1.165, 1.54) is 6.07 Å². The molecule has 0 aliphatic heterocycles. The first-order chi connectivity index (χ1) is 8.82. The third-order valence-corrected chi connectivity index (χ3v) is 3.45. The zero-order valence-corrected chi connectivity index (χ0v) is 11.9. The quantitative estimate of drug-likeness (QED) is 0.470. The molecule has 0 spiro atoms. The minimum Gasteiger partial charge on any atom is -0.465 e. The molecule has 1 rings (SSSR count). The summed E-state index contributed by atoms with van der Waals surface area (Å²) in [4.78, 5) is 11.3. The summed E-state index contributed by atoms with van der Waals surface area (Å²) in [5.74, 6) is -0.870. The Morgan fingerprint density at radius 1 is 1.53 bits per heavy atom. The lowest BCUT2D eigenvalue weighted by Crippen LogP contribution is -2.10. The molecular weight excluding hydrogens is 347 g/mol. The fourth-order valence-corrected chi connectivity index (χ4v) is 2.58. The van der Waals surface area contributed by atoms with E-state index in [0.29, 0.717) is 0 Å². The maximum atomic E-state index is 12.5. The number of carbonyl (C=O) groups is 1. The van der Waals surface area contributed by atoms with Crippen molar-refractivity contribution in [2.24, 2.45) is 0 Å². The Bertz CT molecular complexity index is 540. The smallest absolute Gasteiger partial charge is 0.446 e. The minimum absolute atomic E-state index is 0.0499. The van der Waals surface area contributed by atoms with Crippen LogP contribution in [0.15, 0.2) is 17.0 Å². The lowest BCUT2D eigenvalue weighted by Gasteiger charge is -2.13. The Balaban J connectivity index is 3.47. The van der Waals surface area contributed by atoms with E-state index in [-0.39, 0.29) is 26.9 Å². The van der Waals surface area contributed by atoms with Crippen molar-refractivity contribution in [3.8, 4) is 6.07 Å². The summed E-state index contributed by atoms with van der Waals surface area (Å²) in [5, 5.41) is 8.93. The molecule has 8 heteroatoms. The largest absolute Gasteiger partial charge is 0.465 e. The van der Waals surface area contributed by atoms with Gasteiger partial charge < -0.3 is 4.74 Å². The van der Waals surface area contributed by atoms with Gasteiger partial charge in [-0.2, -0.15) is 18.4 Å². The van der Waals surface area contributed by atoms with Crippen LogP contribution < -0.4 is 0 Å². The van der Waals surface area contributed by atoms with Gasteiger partial charge in [0.15, 0.2) is 0 Å². The van der Waals surface area contributed by atoms with Gasteiger partial charge in [-0.1, -0.05) is 15.9 Å². The Morgan fingerprint density at radius 2 is 2.16 bits per heavy atom. The normalized spacial score (nSPS) is 10.9. The molecule has 0 saturated carbocycles. The van der Waals surface area contributed by atoms with Crippen LogP contribution in [0.25, 0.3) is 0 Å². The van der Waals surface area contributed by atoms with Crippen LogP contribution in [0.4, 0.5) is 13.2 Å². The van der Waals surface area contributed by atoms with Gasteiger partial charge in [0.05, 0.1) is 24.3 Å². The summed E-state index contributed by atoms with van der Waals surface area (Å²) in [6.45, 7) is 0. The fourth-order valence-electron chi connectivity index (χ4n) is 1.38. The van der Waals surface area contributed by atoms with Crippen molar-refractivity contribution in [1.82, 2.24) is 0 Å². The monoisotopic (exact) mass is 353 g/mol. The molecule has 0 radical (unpaired) electrons. The molecule has 0 saturated heterocycles. The topological polar surface area (TPSA) is 50.1 Å². The molecule has 1 aromatic carbocycles. The van der Waals surface area contributed by atoms with Gasteiger partial charge in [-0.15, -0.1) is 0 Å². The van der Waals surface area contributed by atoms with Crippen LogP contribution in [0.1, 0.15) is 21.5 Å². The van der Waals surface area contributed by atoms with E-state index in [1.807, 2.05) is 0 Å². The number of hydrogen-bond acceptors (Lipinski definition) is 4. The molecule has 0 aromatic heterocycles. The van der Waals surface area contributed by atoms with E-state index in [1.54, 1.807) is 6.07 Å². The number of alkyl halides is 4. The molecule has 0 heterocycles. The Kier molecular flexibility index (Phi) is 5.26. The maximum Gasteiger partial charge on any atom is 0.446 e. The minimum atomic E-state index is -4.56. The Labute approximate surface area is 119 Å². The van der Waals surface area contributed by atoms with Crippen molar-refractivity contribution >= 4 is 33.7 Å². The first kappa shape index (κ1) is 15.9.